The van der Waals surface area contributed by atoms with Crippen molar-refractivity contribution in [2.45, 2.75) is 56.4 Å². The third kappa shape index (κ3) is 4.96. The molecule has 0 radical (unpaired) electrons. The SMILES string of the molecule is OCCCCCCO[C@H]1O[C@H](CO)[C@H](O)[C@H](O)[C@H]1O. The number of hydrogen-bond acceptors (Lipinski definition) is 7. The van der Waals surface area contributed by atoms with Gasteiger partial charge in [-0.05, 0) is 12.8 Å². The van der Waals surface area contributed by atoms with Gasteiger partial charge < -0.3 is 35.0 Å². The van der Waals surface area contributed by atoms with Crippen LogP contribution in [-0.2, 0) is 9.47 Å². The van der Waals surface area contributed by atoms with Crippen molar-refractivity contribution in [3.63, 3.8) is 0 Å². The zero-order valence-electron chi connectivity index (χ0n) is 10.9. The Labute approximate surface area is 112 Å². The highest BCUT2D eigenvalue weighted by atomic mass is 16.7. The van der Waals surface area contributed by atoms with Gasteiger partial charge in [-0.15, -0.1) is 0 Å². The lowest BCUT2D eigenvalue weighted by Crippen LogP contribution is -2.59. The Bertz CT molecular complexity index is 236. The summed E-state index contributed by atoms with van der Waals surface area (Å²) < 4.78 is 10.5. The summed E-state index contributed by atoms with van der Waals surface area (Å²) in [6, 6.07) is 0. The monoisotopic (exact) mass is 280 g/mol. The second kappa shape index (κ2) is 8.80. The Kier molecular flexibility index (Phi) is 7.77. The Morgan fingerprint density at radius 1 is 0.842 bits per heavy atom. The Balaban J connectivity index is 2.28. The van der Waals surface area contributed by atoms with Gasteiger partial charge in [-0.3, -0.25) is 0 Å². The standard InChI is InChI=1S/C12H24O7/c13-5-3-1-2-4-6-18-12-11(17)10(16)9(15)8(7-14)19-12/h8-17H,1-7H2/t8-,9+,10+,11-,12+/m1/s1. The second-order valence-corrected chi connectivity index (χ2v) is 4.71. The molecule has 0 saturated carbocycles. The minimum Gasteiger partial charge on any atom is -0.396 e. The fourth-order valence-corrected chi connectivity index (χ4v) is 1.97. The van der Waals surface area contributed by atoms with E-state index in [2.05, 4.69) is 0 Å². The van der Waals surface area contributed by atoms with Crippen LogP contribution in [0.25, 0.3) is 0 Å². The van der Waals surface area contributed by atoms with E-state index in [0.717, 1.165) is 25.7 Å². The number of hydrogen-bond donors (Lipinski definition) is 5. The number of rotatable bonds is 8. The first kappa shape index (κ1) is 16.8. The smallest absolute Gasteiger partial charge is 0.186 e. The van der Waals surface area contributed by atoms with Crippen LogP contribution in [-0.4, -0.2) is 76.1 Å². The maximum atomic E-state index is 9.69. The highest BCUT2D eigenvalue weighted by molar-refractivity contribution is 4.88. The van der Waals surface area contributed by atoms with Crippen molar-refractivity contribution >= 4 is 0 Å². The lowest BCUT2D eigenvalue weighted by molar-refractivity contribution is -0.301. The van der Waals surface area contributed by atoms with Crippen molar-refractivity contribution in [3.8, 4) is 0 Å². The van der Waals surface area contributed by atoms with E-state index in [1.807, 2.05) is 0 Å². The fraction of sp³-hybridized carbons (Fsp3) is 1.00. The molecule has 114 valence electrons. The number of unbranched alkanes of at least 4 members (excludes halogenated alkanes) is 3. The molecule has 1 aliphatic rings. The topological polar surface area (TPSA) is 120 Å². The van der Waals surface area contributed by atoms with Gasteiger partial charge in [0.05, 0.1) is 6.61 Å². The highest BCUT2D eigenvalue weighted by Crippen LogP contribution is 2.22. The van der Waals surface area contributed by atoms with Crippen LogP contribution < -0.4 is 0 Å². The Morgan fingerprint density at radius 3 is 2.16 bits per heavy atom. The van der Waals surface area contributed by atoms with E-state index in [1.165, 1.54) is 0 Å². The van der Waals surface area contributed by atoms with E-state index in [4.69, 9.17) is 19.7 Å². The molecule has 0 spiro atoms. The summed E-state index contributed by atoms with van der Waals surface area (Å²) >= 11 is 0. The van der Waals surface area contributed by atoms with Crippen LogP contribution in [0.4, 0.5) is 0 Å². The van der Waals surface area contributed by atoms with Crippen LogP contribution in [0.1, 0.15) is 25.7 Å². The molecule has 7 nitrogen and oxygen atoms in total. The molecule has 0 unspecified atom stereocenters. The summed E-state index contributed by atoms with van der Waals surface area (Å²) in [5, 5.41) is 46.4. The van der Waals surface area contributed by atoms with Crippen molar-refractivity contribution in [1.82, 2.24) is 0 Å². The van der Waals surface area contributed by atoms with Gasteiger partial charge in [-0.25, -0.2) is 0 Å². The van der Waals surface area contributed by atoms with E-state index < -0.39 is 37.3 Å². The molecule has 0 bridgehead atoms. The van der Waals surface area contributed by atoms with E-state index in [-0.39, 0.29) is 6.61 Å². The first-order chi connectivity index (χ1) is 9.11. The maximum absolute atomic E-state index is 9.69. The zero-order valence-corrected chi connectivity index (χ0v) is 10.9. The summed E-state index contributed by atoms with van der Waals surface area (Å²) in [6.07, 6.45) is -2.79. The van der Waals surface area contributed by atoms with Crippen LogP contribution in [0.15, 0.2) is 0 Å². The molecule has 0 aliphatic carbocycles. The van der Waals surface area contributed by atoms with Gasteiger partial charge in [-0.2, -0.15) is 0 Å². The van der Waals surface area contributed by atoms with Crippen LogP contribution >= 0.6 is 0 Å². The molecule has 0 aromatic rings. The van der Waals surface area contributed by atoms with E-state index in [9.17, 15) is 15.3 Å². The first-order valence-corrected chi connectivity index (χ1v) is 6.64. The van der Waals surface area contributed by atoms with E-state index in [1.54, 1.807) is 0 Å². The molecule has 7 heteroatoms. The van der Waals surface area contributed by atoms with E-state index in [0.29, 0.717) is 6.61 Å². The molecule has 1 rings (SSSR count). The largest absolute Gasteiger partial charge is 0.396 e. The van der Waals surface area contributed by atoms with Gasteiger partial charge in [0.1, 0.15) is 24.4 Å². The number of aliphatic hydroxyl groups is 5. The van der Waals surface area contributed by atoms with Gasteiger partial charge in [0.25, 0.3) is 0 Å². The lowest BCUT2D eigenvalue weighted by atomic mass is 9.99. The van der Waals surface area contributed by atoms with Crippen molar-refractivity contribution < 1.29 is 35.0 Å². The summed E-state index contributed by atoms with van der Waals surface area (Å²) in [5.41, 5.74) is 0. The predicted molar refractivity (Wildman–Crippen MR) is 65.3 cm³/mol. The fourth-order valence-electron chi connectivity index (χ4n) is 1.97. The normalized spacial score (nSPS) is 35.5. The summed E-state index contributed by atoms with van der Waals surface area (Å²) in [6.45, 7) is 0.0585. The molecule has 19 heavy (non-hydrogen) atoms. The molecule has 0 aromatic carbocycles. The Hall–Kier alpha value is -0.280. The van der Waals surface area contributed by atoms with Crippen molar-refractivity contribution in [3.05, 3.63) is 0 Å². The molecule has 1 fully saturated rings. The van der Waals surface area contributed by atoms with Gasteiger partial charge in [0.15, 0.2) is 6.29 Å². The molecule has 0 amide bonds. The summed E-state index contributed by atoms with van der Waals surface area (Å²) in [7, 11) is 0. The first-order valence-electron chi connectivity index (χ1n) is 6.64. The second-order valence-electron chi connectivity index (χ2n) is 4.71. The predicted octanol–water partition coefficient (Wildman–Crippen LogP) is -1.64. The Morgan fingerprint density at radius 2 is 1.53 bits per heavy atom. The molecule has 5 N–H and O–H groups in total. The van der Waals surface area contributed by atoms with Crippen molar-refractivity contribution in [1.29, 1.82) is 0 Å². The maximum Gasteiger partial charge on any atom is 0.186 e. The average molecular weight is 280 g/mol. The molecule has 5 atom stereocenters. The summed E-state index contributed by atoms with van der Waals surface area (Å²) in [5.74, 6) is 0. The minimum atomic E-state index is -1.40. The molecule has 1 saturated heterocycles. The van der Waals surface area contributed by atoms with Crippen LogP contribution in [0.3, 0.4) is 0 Å². The van der Waals surface area contributed by atoms with Gasteiger partial charge in [-0.1, -0.05) is 12.8 Å². The lowest BCUT2D eigenvalue weighted by Gasteiger charge is -2.39. The molecular formula is C12H24O7. The van der Waals surface area contributed by atoms with Crippen LogP contribution in [0, 0.1) is 0 Å². The van der Waals surface area contributed by atoms with Crippen LogP contribution in [0.2, 0.25) is 0 Å². The van der Waals surface area contributed by atoms with Gasteiger partial charge in [0.2, 0.25) is 0 Å². The third-order valence-corrected chi connectivity index (χ3v) is 3.18. The minimum absolute atomic E-state index is 0.174. The van der Waals surface area contributed by atoms with Crippen LogP contribution in [0.5, 0.6) is 0 Å². The van der Waals surface area contributed by atoms with Crippen molar-refractivity contribution in [2.75, 3.05) is 19.8 Å². The highest BCUT2D eigenvalue weighted by Gasteiger charge is 2.43. The summed E-state index contributed by atoms with van der Waals surface area (Å²) in [4.78, 5) is 0. The van der Waals surface area contributed by atoms with Gasteiger partial charge in [0, 0.05) is 13.2 Å². The number of ether oxygens (including phenoxy) is 2. The average Bonchev–Trinajstić information content (AvgIpc) is 2.42. The van der Waals surface area contributed by atoms with Crippen molar-refractivity contribution in [2.24, 2.45) is 0 Å². The molecule has 1 heterocycles. The molecular weight excluding hydrogens is 256 g/mol. The van der Waals surface area contributed by atoms with Gasteiger partial charge >= 0.3 is 0 Å². The quantitative estimate of drug-likeness (QED) is 0.338. The third-order valence-electron chi connectivity index (χ3n) is 3.18. The van der Waals surface area contributed by atoms with E-state index >= 15 is 0 Å². The number of aliphatic hydroxyl groups excluding tert-OH is 5. The molecule has 0 aromatic heterocycles. The zero-order chi connectivity index (χ0) is 14.3. The molecule has 1 aliphatic heterocycles.